The molecule has 0 amide bonds. The number of benzene rings is 1. The van der Waals surface area contributed by atoms with E-state index in [4.69, 9.17) is 9.47 Å². The van der Waals surface area contributed by atoms with Crippen LogP contribution in [0.15, 0.2) is 18.3 Å². The van der Waals surface area contributed by atoms with Gasteiger partial charge in [0.15, 0.2) is 0 Å². The Hall–Kier alpha value is -1.66. The van der Waals surface area contributed by atoms with Gasteiger partial charge < -0.3 is 14.4 Å². The summed E-state index contributed by atoms with van der Waals surface area (Å²) in [5.41, 5.74) is 1.47. The van der Waals surface area contributed by atoms with E-state index in [9.17, 15) is 4.39 Å². The number of H-pyrrole nitrogens is 1. The average molecular weight is 347 g/mol. The molecule has 1 aromatic carbocycles. The van der Waals surface area contributed by atoms with Gasteiger partial charge in [0, 0.05) is 30.7 Å². The zero-order chi connectivity index (χ0) is 17.1. The maximum atomic E-state index is 13.2. The largest absolute Gasteiger partial charge is 0.493 e. The minimum Gasteiger partial charge on any atom is -0.493 e. The smallest absolute Gasteiger partial charge is 0.121 e. The summed E-state index contributed by atoms with van der Waals surface area (Å²) < 4.78 is 24.7. The van der Waals surface area contributed by atoms with Crippen molar-refractivity contribution >= 4 is 10.9 Å². The van der Waals surface area contributed by atoms with E-state index in [1.807, 2.05) is 6.07 Å². The molecule has 4 rings (SSSR count). The minimum atomic E-state index is -0.503. The number of alkyl halides is 1. The molecule has 0 radical (unpaired) electrons. The normalized spacial score (nSPS) is 21.0. The zero-order valence-electron chi connectivity index (χ0n) is 14.5. The van der Waals surface area contributed by atoms with Gasteiger partial charge >= 0.3 is 0 Å². The van der Waals surface area contributed by atoms with Gasteiger partial charge in [-0.1, -0.05) is 0 Å². The summed E-state index contributed by atoms with van der Waals surface area (Å²) in [6, 6.07) is 4.42. The monoisotopic (exact) mass is 347 g/mol. The fraction of sp³-hybridized carbons (Fsp3) is 0.632. The van der Waals surface area contributed by atoms with Gasteiger partial charge in [-0.05, 0) is 56.3 Å². The molecule has 136 valence electrons. The van der Waals surface area contributed by atoms with Gasteiger partial charge in [0.2, 0.25) is 0 Å². The Labute approximate surface area is 147 Å². The van der Waals surface area contributed by atoms with E-state index in [-0.39, 0.29) is 0 Å². The van der Waals surface area contributed by atoms with Crippen molar-refractivity contribution in [2.24, 2.45) is 5.92 Å². The maximum absolute atomic E-state index is 13.2. The average Bonchev–Trinajstić information content (AvgIpc) is 3.15. The second-order valence-electron chi connectivity index (χ2n) is 7.18. The molecule has 2 fully saturated rings. The van der Waals surface area contributed by atoms with Crippen LogP contribution in [-0.4, -0.2) is 54.0 Å². The van der Waals surface area contributed by atoms with E-state index in [0.717, 1.165) is 55.8 Å². The van der Waals surface area contributed by atoms with Crippen LogP contribution in [0.25, 0.3) is 10.9 Å². The van der Waals surface area contributed by atoms with Gasteiger partial charge in [-0.15, -0.1) is 0 Å². The Bertz CT molecular complexity index is 691. The number of aromatic nitrogens is 2. The Morgan fingerprint density at radius 1 is 1.20 bits per heavy atom. The number of aromatic amines is 1. The SMILES string of the molecule is FCc1cc(OCC2CCN(C3CCOCC3)CC2)cc2[nH]ncc12. The van der Waals surface area contributed by atoms with Crippen LogP contribution in [0, 0.1) is 5.92 Å². The summed E-state index contributed by atoms with van der Waals surface area (Å²) in [4.78, 5) is 2.62. The standard InChI is InChI=1S/C19H26FN3O2/c20-11-15-9-17(10-19-18(15)12-21-22-19)25-13-14-1-5-23(6-2-14)16-3-7-24-8-4-16/h9-10,12,14,16H,1-8,11,13H2,(H,21,22). The van der Waals surface area contributed by atoms with Crippen molar-refractivity contribution in [1.82, 2.24) is 15.1 Å². The number of hydrogen-bond donors (Lipinski definition) is 1. The molecule has 2 aliphatic rings. The summed E-state index contributed by atoms with van der Waals surface area (Å²) in [6.07, 6.45) is 6.33. The number of ether oxygens (including phenoxy) is 2. The van der Waals surface area contributed by atoms with E-state index in [1.165, 1.54) is 12.8 Å². The Kier molecular flexibility index (Phi) is 5.17. The van der Waals surface area contributed by atoms with Crippen molar-refractivity contribution in [1.29, 1.82) is 0 Å². The highest BCUT2D eigenvalue weighted by atomic mass is 19.1. The molecular formula is C19H26FN3O2. The van der Waals surface area contributed by atoms with E-state index >= 15 is 0 Å². The third-order valence-electron chi connectivity index (χ3n) is 5.60. The lowest BCUT2D eigenvalue weighted by Gasteiger charge is -2.39. The third kappa shape index (κ3) is 3.80. The van der Waals surface area contributed by atoms with Gasteiger partial charge in [-0.3, -0.25) is 5.10 Å². The maximum Gasteiger partial charge on any atom is 0.121 e. The van der Waals surface area contributed by atoms with Gasteiger partial charge in [0.25, 0.3) is 0 Å². The molecule has 1 N–H and O–H groups in total. The number of fused-ring (bicyclic) bond motifs is 1. The molecule has 2 aromatic rings. The fourth-order valence-electron chi connectivity index (χ4n) is 4.04. The molecule has 0 bridgehead atoms. The molecule has 0 saturated carbocycles. The molecule has 6 heteroatoms. The first-order valence-corrected chi connectivity index (χ1v) is 9.30. The van der Waals surface area contributed by atoms with Crippen LogP contribution < -0.4 is 4.74 Å². The van der Waals surface area contributed by atoms with Crippen LogP contribution >= 0.6 is 0 Å². The summed E-state index contributed by atoms with van der Waals surface area (Å²) in [6.45, 7) is 4.30. The molecule has 0 atom stereocenters. The Balaban J connectivity index is 1.30. The quantitative estimate of drug-likeness (QED) is 0.902. The third-order valence-corrected chi connectivity index (χ3v) is 5.60. The predicted octanol–water partition coefficient (Wildman–Crippen LogP) is 3.30. The Morgan fingerprint density at radius 2 is 2.00 bits per heavy atom. The molecule has 2 aliphatic heterocycles. The van der Waals surface area contributed by atoms with E-state index in [2.05, 4.69) is 15.1 Å². The lowest BCUT2D eigenvalue weighted by Crippen LogP contribution is -2.44. The lowest BCUT2D eigenvalue weighted by molar-refractivity contribution is 0.0175. The predicted molar refractivity (Wildman–Crippen MR) is 94.5 cm³/mol. The summed E-state index contributed by atoms with van der Waals surface area (Å²) in [5.74, 6) is 1.30. The first-order valence-electron chi connectivity index (χ1n) is 9.30. The zero-order valence-corrected chi connectivity index (χ0v) is 14.5. The summed E-state index contributed by atoms with van der Waals surface area (Å²) in [7, 11) is 0. The van der Waals surface area contributed by atoms with Crippen molar-refractivity contribution in [2.75, 3.05) is 32.9 Å². The molecule has 1 aromatic heterocycles. The van der Waals surface area contributed by atoms with E-state index < -0.39 is 6.67 Å². The van der Waals surface area contributed by atoms with Crippen molar-refractivity contribution in [3.63, 3.8) is 0 Å². The van der Waals surface area contributed by atoms with Crippen LogP contribution in [0.3, 0.4) is 0 Å². The van der Waals surface area contributed by atoms with Crippen molar-refractivity contribution in [3.8, 4) is 5.75 Å². The first kappa shape index (κ1) is 16.8. The molecular weight excluding hydrogens is 321 g/mol. The number of nitrogens with zero attached hydrogens (tertiary/aromatic N) is 2. The van der Waals surface area contributed by atoms with Crippen LogP contribution in [0.1, 0.15) is 31.2 Å². The minimum absolute atomic E-state index is 0.503. The summed E-state index contributed by atoms with van der Waals surface area (Å²) >= 11 is 0. The number of likely N-dealkylation sites (tertiary alicyclic amines) is 1. The second kappa shape index (κ2) is 7.70. The fourth-order valence-corrected chi connectivity index (χ4v) is 4.04. The van der Waals surface area contributed by atoms with Crippen LogP contribution in [0.4, 0.5) is 4.39 Å². The van der Waals surface area contributed by atoms with Crippen molar-refractivity contribution < 1.29 is 13.9 Å². The Morgan fingerprint density at radius 3 is 2.76 bits per heavy atom. The lowest BCUT2D eigenvalue weighted by atomic mass is 9.95. The number of hydrogen-bond acceptors (Lipinski definition) is 4. The van der Waals surface area contributed by atoms with Gasteiger partial charge in [-0.2, -0.15) is 5.10 Å². The number of piperidine rings is 1. The van der Waals surface area contributed by atoms with E-state index in [0.29, 0.717) is 24.1 Å². The molecule has 0 unspecified atom stereocenters. The molecule has 2 saturated heterocycles. The number of nitrogens with one attached hydrogen (secondary N) is 1. The molecule has 3 heterocycles. The highest BCUT2D eigenvalue weighted by molar-refractivity contribution is 5.83. The molecule has 25 heavy (non-hydrogen) atoms. The van der Waals surface area contributed by atoms with Crippen LogP contribution in [-0.2, 0) is 11.4 Å². The van der Waals surface area contributed by atoms with Crippen molar-refractivity contribution in [3.05, 3.63) is 23.9 Å². The molecule has 0 aliphatic carbocycles. The highest BCUT2D eigenvalue weighted by Crippen LogP contribution is 2.27. The van der Waals surface area contributed by atoms with Crippen molar-refractivity contribution in [2.45, 2.75) is 38.4 Å². The van der Waals surface area contributed by atoms with Gasteiger partial charge in [0.1, 0.15) is 12.4 Å². The molecule has 0 spiro atoms. The summed E-state index contributed by atoms with van der Waals surface area (Å²) in [5, 5.41) is 7.73. The second-order valence-corrected chi connectivity index (χ2v) is 7.18. The number of halogens is 1. The van der Waals surface area contributed by atoms with Gasteiger partial charge in [-0.25, -0.2) is 4.39 Å². The van der Waals surface area contributed by atoms with E-state index in [1.54, 1.807) is 12.3 Å². The number of rotatable bonds is 5. The first-order chi connectivity index (χ1) is 12.3. The van der Waals surface area contributed by atoms with Crippen LogP contribution in [0.5, 0.6) is 5.75 Å². The van der Waals surface area contributed by atoms with Gasteiger partial charge in [0.05, 0.1) is 18.3 Å². The topological polar surface area (TPSA) is 50.4 Å². The highest BCUT2D eigenvalue weighted by Gasteiger charge is 2.26. The molecule has 5 nitrogen and oxygen atoms in total. The van der Waals surface area contributed by atoms with Crippen LogP contribution in [0.2, 0.25) is 0 Å².